The second kappa shape index (κ2) is 10.9. The molecule has 0 spiro atoms. The third-order valence-corrected chi connectivity index (χ3v) is 8.45. The van der Waals surface area contributed by atoms with Crippen molar-refractivity contribution in [1.82, 2.24) is 0 Å². The van der Waals surface area contributed by atoms with Crippen LogP contribution in [0.1, 0.15) is 55.2 Å². The number of carbonyl (C=O) groups excluding carboxylic acids is 2. The Morgan fingerprint density at radius 3 is 1.69 bits per heavy atom. The van der Waals surface area contributed by atoms with Crippen LogP contribution in [0, 0.1) is 44.4 Å². The summed E-state index contributed by atoms with van der Waals surface area (Å²) in [4.78, 5) is 26.1. The van der Waals surface area contributed by atoms with Crippen molar-refractivity contribution >= 4 is 22.1 Å². The van der Waals surface area contributed by atoms with E-state index < -0.39 is 69.4 Å². The van der Waals surface area contributed by atoms with Gasteiger partial charge in [0.1, 0.15) is 11.5 Å². The molecule has 2 saturated carbocycles. The zero-order chi connectivity index (χ0) is 29.6. The second-order valence-electron chi connectivity index (χ2n) is 10.5. The largest absolute Gasteiger partial charge is 0.438 e. The molecule has 220 valence electrons. The van der Waals surface area contributed by atoms with Crippen molar-refractivity contribution in [1.29, 1.82) is 0 Å². The minimum atomic E-state index is -6.40. The average Bonchev–Trinajstić information content (AvgIpc) is 2.77. The van der Waals surface area contributed by atoms with Gasteiger partial charge in [-0.15, -0.1) is 0 Å². The highest BCUT2D eigenvalue weighted by atomic mass is 32.2. The predicted octanol–water partition coefficient (Wildman–Crippen LogP) is 5.64. The monoisotopic (exact) mass is 588 g/mol. The summed E-state index contributed by atoms with van der Waals surface area (Å²) >= 11 is 0. The van der Waals surface area contributed by atoms with Gasteiger partial charge in [0.15, 0.2) is 0 Å². The summed E-state index contributed by atoms with van der Waals surface area (Å²) in [6.07, 6.45) is -11.3. The van der Waals surface area contributed by atoms with Gasteiger partial charge in [-0.3, -0.25) is 14.1 Å². The Hall–Kier alpha value is -2.35. The van der Waals surface area contributed by atoms with E-state index in [2.05, 4.69) is 4.74 Å². The van der Waals surface area contributed by atoms with Crippen LogP contribution in [0.25, 0.3) is 0 Å². The molecular formula is C25H30F6O7S. The van der Waals surface area contributed by atoms with Crippen molar-refractivity contribution in [3.05, 3.63) is 28.8 Å². The van der Waals surface area contributed by atoms with E-state index in [1.165, 1.54) is 0 Å². The molecule has 0 saturated heterocycles. The highest BCUT2D eigenvalue weighted by Crippen LogP contribution is 2.51. The van der Waals surface area contributed by atoms with Gasteiger partial charge in [-0.25, -0.2) is 0 Å². The molecule has 0 heterocycles. The van der Waals surface area contributed by atoms with Gasteiger partial charge < -0.3 is 9.47 Å². The molecule has 2 fully saturated rings. The van der Waals surface area contributed by atoms with Gasteiger partial charge in [-0.1, -0.05) is 30.5 Å². The van der Waals surface area contributed by atoms with E-state index in [0.29, 0.717) is 36.1 Å². The lowest BCUT2D eigenvalue weighted by Crippen LogP contribution is -2.64. The van der Waals surface area contributed by atoms with Crippen LogP contribution in [0.4, 0.5) is 26.3 Å². The van der Waals surface area contributed by atoms with E-state index in [-0.39, 0.29) is 19.3 Å². The first kappa shape index (κ1) is 31.2. The molecule has 0 amide bonds. The van der Waals surface area contributed by atoms with E-state index in [0.717, 1.165) is 5.56 Å². The van der Waals surface area contributed by atoms with Crippen LogP contribution in [-0.2, 0) is 24.4 Å². The van der Waals surface area contributed by atoms with Gasteiger partial charge in [0.2, 0.25) is 0 Å². The SMILES string of the molecule is Cc1cc(C)c(OC(=O)C2CCCC3C(C(=O)OC(CS(=O)(=O)O)(C(F)(F)F)C(F)(F)F)CCCC23)c(C)c1. The maximum Gasteiger partial charge on any atom is 0.438 e. The third kappa shape index (κ3) is 6.53. The van der Waals surface area contributed by atoms with E-state index in [1.807, 2.05) is 19.1 Å². The smallest absolute Gasteiger partial charge is 0.438 e. The molecule has 2 aliphatic rings. The van der Waals surface area contributed by atoms with Crippen molar-refractivity contribution in [3.8, 4) is 5.75 Å². The quantitative estimate of drug-likeness (QED) is 0.198. The molecule has 0 bridgehead atoms. The van der Waals surface area contributed by atoms with E-state index >= 15 is 0 Å². The fourth-order valence-corrected chi connectivity index (χ4v) is 6.97. The summed E-state index contributed by atoms with van der Waals surface area (Å²) in [6, 6.07) is 3.65. The van der Waals surface area contributed by atoms with Gasteiger partial charge in [0.05, 0.1) is 11.8 Å². The van der Waals surface area contributed by atoms with Gasteiger partial charge in [-0.05, 0) is 69.4 Å². The first-order valence-electron chi connectivity index (χ1n) is 12.4. The highest BCUT2D eigenvalue weighted by Gasteiger charge is 2.76. The number of benzene rings is 1. The number of carbonyl (C=O) groups is 2. The minimum Gasteiger partial charge on any atom is -0.438 e. The molecule has 0 aliphatic heterocycles. The van der Waals surface area contributed by atoms with Crippen molar-refractivity contribution in [2.24, 2.45) is 23.7 Å². The summed E-state index contributed by atoms with van der Waals surface area (Å²) in [5, 5.41) is 0. The summed E-state index contributed by atoms with van der Waals surface area (Å²) in [5.74, 6) is -8.55. The fraction of sp³-hybridized carbons (Fsp3) is 0.680. The van der Waals surface area contributed by atoms with Gasteiger partial charge in [0, 0.05) is 0 Å². The molecule has 2 aliphatic carbocycles. The zero-order valence-corrected chi connectivity index (χ0v) is 22.3. The number of aryl methyl sites for hydroxylation is 3. The molecule has 0 aromatic heterocycles. The zero-order valence-electron chi connectivity index (χ0n) is 21.5. The van der Waals surface area contributed by atoms with Crippen LogP contribution in [0.5, 0.6) is 5.75 Å². The van der Waals surface area contributed by atoms with Crippen LogP contribution in [0.2, 0.25) is 0 Å². The predicted molar refractivity (Wildman–Crippen MR) is 125 cm³/mol. The summed E-state index contributed by atoms with van der Waals surface area (Å²) in [5.41, 5.74) is -3.06. The minimum absolute atomic E-state index is 0.102. The Morgan fingerprint density at radius 2 is 1.28 bits per heavy atom. The molecule has 39 heavy (non-hydrogen) atoms. The number of esters is 2. The average molecular weight is 589 g/mol. The summed E-state index contributed by atoms with van der Waals surface area (Å²) < 4.78 is 123. The van der Waals surface area contributed by atoms with Crippen molar-refractivity contribution in [2.75, 3.05) is 5.75 Å². The summed E-state index contributed by atoms with van der Waals surface area (Å²) in [6.45, 7) is 5.40. The van der Waals surface area contributed by atoms with Crippen LogP contribution < -0.4 is 4.74 Å². The lowest BCUT2D eigenvalue weighted by Gasteiger charge is -2.45. The van der Waals surface area contributed by atoms with Gasteiger partial charge in [-0.2, -0.15) is 34.8 Å². The highest BCUT2D eigenvalue weighted by molar-refractivity contribution is 7.85. The number of fused-ring (bicyclic) bond motifs is 1. The maximum absolute atomic E-state index is 13.7. The first-order valence-corrected chi connectivity index (χ1v) is 14.0. The molecule has 4 unspecified atom stereocenters. The third-order valence-electron chi connectivity index (χ3n) is 7.68. The number of hydrogen-bond donors (Lipinski definition) is 1. The Labute approximate surface area is 222 Å². The normalized spacial score (nSPS) is 24.6. The Kier molecular flexibility index (Phi) is 8.72. The van der Waals surface area contributed by atoms with E-state index in [9.17, 15) is 44.3 Å². The Balaban J connectivity index is 1.88. The summed E-state index contributed by atoms with van der Waals surface area (Å²) in [7, 11) is -5.89. The number of halogens is 6. The molecule has 3 rings (SSSR count). The fourth-order valence-electron chi connectivity index (χ4n) is 6.07. The molecule has 1 aromatic rings. The molecule has 1 aromatic carbocycles. The van der Waals surface area contributed by atoms with Crippen LogP contribution in [-0.4, -0.2) is 48.6 Å². The molecule has 14 heteroatoms. The Bertz CT molecular complexity index is 1170. The number of ether oxygens (including phenoxy) is 2. The molecule has 7 nitrogen and oxygen atoms in total. The molecule has 1 N–H and O–H groups in total. The van der Waals surface area contributed by atoms with Crippen molar-refractivity contribution < 1.29 is 58.4 Å². The second-order valence-corrected chi connectivity index (χ2v) is 12.0. The van der Waals surface area contributed by atoms with Crippen molar-refractivity contribution in [3.63, 3.8) is 0 Å². The topological polar surface area (TPSA) is 107 Å². The number of rotatable bonds is 6. The standard InChI is InChI=1S/C25H30F6O7S/c1-13-10-14(2)20(15(3)11-13)37-21(32)18-8-4-7-17-16(18)6-5-9-19(17)22(33)38-23(24(26,27)28,25(29,30)31)12-39(34,35)36/h10-11,16-19H,4-9,12H2,1-3H3,(H,34,35,36). The number of alkyl halides is 6. The lowest BCUT2D eigenvalue weighted by atomic mass is 9.61. The molecule has 4 atom stereocenters. The first-order chi connectivity index (χ1) is 17.8. The van der Waals surface area contributed by atoms with E-state index in [1.54, 1.807) is 13.8 Å². The number of hydrogen-bond acceptors (Lipinski definition) is 6. The van der Waals surface area contributed by atoms with Gasteiger partial charge in [0.25, 0.3) is 10.1 Å². The molecule has 0 radical (unpaired) electrons. The van der Waals surface area contributed by atoms with Gasteiger partial charge >= 0.3 is 29.9 Å². The lowest BCUT2D eigenvalue weighted by molar-refractivity contribution is -0.362. The molecular weight excluding hydrogens is 558 g/mol. The maximum atomic E-state index is 13.7. The van der Waals surface area contributed by atoms with Crippen molar-refractivity contribution in [2.45, 2.75) is 77.2 Å². The van der Waals surface area contributed by atoms with Crippen LogP contribution in [0.3, 0.4) is 0 Å². The van der Waals surface area contributed by atoms with E-state index in [4.69, 9.17) is 9.29 Å². The van der Waals surface area contributed by atoms with Crippen LogP contribution >= 0.6 is 0 Å². The Morgan fingerprint density at radius 1 is 0.846 bits per heavy atom. The van der Waals surface area contributed by atoms with Crippen LogP contribution in [0.15, 0.2) is 12.1 Å².